The molecule has 3 atom stereocenters. The van der Waals surface area contributed by atoms with Crippen molar-refractivity contribution in [2.75, 3.05) is 18.8 Å². The van der Waals surface area contributed by atoms with Crippen molar-refractivity contribution in [3.8, 4) is 0 Å². The topological polar surface area (TPSA) is 69.6 Å². The second-order valence-corrected chi connectivity index (χ2v) is 8.01. The minimum atomic E-state index is -0.805. The molecule has 2 aliphatic rings. The number of aliphatic carboxylic acids is 1. The van der Waals surface area contributed by atoms with Gasteiger partial charge in [-0.3, -0.25) is 4.79 Å². The van der Waals surface area contributed by atoms with E-state index in [-0.39, 0.29) is 12.1 Å². The molecule has 1 saturated carbocycles. The molecule has 0 aromatic rings. The Morgan fingerprint density at radius 3 is 2.86 bits per heavy atom. The molecule has 0 bridgehead atoms. The molecular formula is C15H26N2O3S. The SMILES string of the molecule is CCSC1CCC(NC(=O)N2CCCC(C)(C(=O)O)C2)C1. The number of carboxylic acid groups (broad SMARTS) is 1. The van der Waals surface area contributed by atoms with Gasteiger partial charge < -0.3 is 15.3 Å². The first-order chi connectivity index (χ1) is 9.94. The quantitative estimate of drug-likeness (QED) is 0.837. The molecule has 6 heteroatoms. The average molecular weight is 314 g/mol. The number of hydrogen-bond acceptors (Lipinski definition) is 3. The summed E-state index contributed by atoms with van der Waals surface area (Å²) in [5.41, 5.74) is -0.800. The Bertz CT molecular complexity index is 404. The summed E-state index contributed by atoms with van der Waals surface area (Å²) in [7, 11) is 0. The van der Waals surface area contributed by atoms with Crippen LogP contribution in [-0.4, -0.2) is 52.1 Å². The summed E-state index contributed by atoms with van der Waals surface area (Å²) in [6, 6.07) is 0.161. The van der Waals surface area contributed by atoms with E-state index in [9.17, 15) is 14.7 Å². The zero-order valence-electron chi connectivity index (χ0n) is 12.9. The number of nitrogens with one attached hydrogen (secondary N) is 1. The molecule has 1 heterocycles. The normalized spacial score (nSPS) is 33.0. The van der Waals surface area contributed by atoms with Crippen molar-refractivity contribution in [2.45, 2.75) is 57.2 Å². The van der Waals surface area contributed by atoms with E-state index in [4.69, 9.17) is 0 Å². The number of hydrogen-bond donors (Lipinski definition) is 2. The number of carboxylic acids is 1. The maximum Gasteiger partial charge on any atom is 0.317 e. The molecule has 2 fully saturated rings. The fourth-order valence-corrected chi connectivity index (χ4v) is 4.45. The molecule has 0 aromatic heterocycles. The highest BCUT2D eigenvalue weighted by Gasteiger charge is 2.40. The molecule has 21 heavy (non-hydrogen) atoms. The van der Waals surface area contributed by atoms with E-state index in [1.807, 2.05) is 11.8 Å². The molecule has 2 N–H and O–H groups in total. The van der Waals surface area contributed by atoms with Crippen molar-refractivity contribution >= 4 is 23.8 Å². The summed E-state index contributed by atoms with van der Waals surface area (Å²) in [5, 5.41) is 13.1. The van der Waals surface area contributed by atoms with Gasteiger partial charge in [-0.25, -0.2) is 4.79 Å². The molecule has 0 spiro atoms. The number of carbonyl (C=O) groups excluding carboxylic acids is 1. The van der Waals surface area contributed by atoms with E-state index in [1.165, 1.54) is 0 Å². The summed E-state index contributed by atoms with van der Waals surface area (Å²) in [6.45, 7) is 4.87. The lowest BCUT2D eigenvalue weighted by Gasteiger charge is -2.37. The van der Waals surface area contributed by atoms with Gasteiger partial charge in [-0.15, -0.1) is 0 Å². The van der Waals surface area contributed by atoms with Crippen molar-refractivity contribution in [3.63, 3.8) is 0 Å². The van der Waals surface area contributed by atoms with Crippen LogP contribution in [-0.2, 0) is 4.79 Å². The number of amides is 2. The van der Waals surface area contributed by atoms with Gasteiger partial charge in [0.1, 0.15) is 0 Å². The minimum absolute atomic E-state index is 0.0886. The lowest BCUT2D eigenvalue weighted by molar-refractivity contribution is -0.150. The highest BCUT2D eigenvalue weighted by Crippen LogP contribution is 2.31. The van der Waals surface area contributed by atoms with Crippen molar-refractivity contribution in [2.24, 2.45) is 5.41 Å². The number of nitrogens with zero attached hydrogens (tertiary/aromatic N) is 1. The van der Waals surface area contributed by atoms with Crippen molar-refractivity contribution in [1.29, 1.82) is 0 Å². The van der Waals surface area contributed by atoms with Crippen LogP contribution in [0.5, 0.6) is 0 Å². The highest BCUT2D eigenvalue weighted by atomic mass is 32.2. The number of rotatable bonds is 4. The molecular weight excluding hydrogens is 288 g/mol. The van der Waals surface area contributed by atoms with Crippen LogP contribution in [0.2, 0.25) is 0 Å². The fourth-order valence-electron chi connectivity index (χ4n) is 3.31. The largest absolute Gasteiger partial charge is 0.481 e. The van der Waals surface area contributed by atoms with Gasteiger partial charge in [-0.1, -0.05) is 6.92 Å². The van der Waals surface area contributed by atoms with E-state index in [2.05, 4.69) is 12.2 Å². The Labute approximate surface area is 130 Å². The second-order valence-electron chi connectivity index (χ2n) is 6.43. The molecule has 2 amide bonds. The van der Waals surface area contributed by atoms with Crippen molar-refractivity contribution in [1.82, 2.24) is 10.2 Å². The van der Waals surface area contributed by atoms with Gasteiger partial charge >= 0.3 is 12.0 Å². The van der Waals surface area contributed by atoms with Gasteiger partial charge in [0.2, 0.25) is 0 Å². The van der Waals surface area contributed by atoms with E-state index >= 15 is 0 Å². The van der Waals surface area contributed by atoms with Crippen LogP contribution < -0.4 is 5.32 Å². The summed E-state index contributed by atoms with van der Waals surface area (Å²) >= 11 is 1.97. The molecule has 5 nitrogen and oxygen atoms in total. The maximum atomic E-state index is 12.3. The summed E-state index contributed by atoms with van der Waals surface area (Å²) in [5.74, 6) is 0.314. The average Bonchev–Trinajstić information content (AvgIpc) is 2.86. The monoisotopic (exact) mass is 314 g/mol. The molecule has 1 aliphatic carbocycles. The van der Waals surface area contributed by atoms with E-state index in [0.29, 0.717) is 24.8 Å². The smallest absolute Gasteiger partial charge is 0.317 e. The molecule has 2 rings (SSSR count). The number of thioether (sulfide) groups is 1. The highest BCUT2D eigenvalue weighted by molar-refractivity contribution is 7.99. The molecule has 0 aromatic carbocycles. The van der Waals surface area contributed by atoms with Gasteiger partial charge in [0, 0.05) is 24.4 Å². The second kappa shape index (κ2) is 6.90. The number of piperidine rings is 1. The molecule has 1 aliphatic heterocycles. The third-order valence-corrected chi connectivity index (χ3v) is 5.85. The van der Waals surface area contributed by atoms with Gasteiger partial charge in [-0.05, 0) is 44.8 Å². The Kier molecular flexibility index (Phi) is 5.41. The summed E-state index contributed by atoms with van der Waals surface area (Å²) in [4.78, 5) is 25.4. The number of likely N-dealkylation sites (tertiary alicyclic amines) is 1. The Morgan fingerprint density at radius 1 is 1.43 bits per heavy atom. The fraction of sp³-hybridized carbons (Fsp3) is 0.867. The van der Waals surface area contributed by atoms with Crippen LogP contribution in [0.3, 0.4) is 0 Å². The first-order valence-corrected chi connectivity index (χ1v) is 8.90. The van der Waals surface area contributed by atoms with Crippen molar-refractivity contribution < 1.29 is 14.7 Å². The predicted octanol–water partition coefficient (Wildman–Crippen LogP) is 2.56. The van der Waals surface area contributed by atoms with E-state index in [0.717, 1.165) is 31.4 Å². The Hall–Kier alpha value is -0.910. The van der Waals surface area contributed by atoms with Gasteiger partial charge in [0.25, 0.3) is 0 Å². The summed E-state index contributed by atoms with van der Waals surface area (Å²) in [6.07, 6.45) is 4.64. The van der Waals surface area contributed by atoms with Crippen LogP contribution in [0.15, 0.2) is 0 Å². The van der Waals surface area contributed by atoms with E-state index < -0.39 is 11.4 Å². The third-order valence-electron chi connectivity index (χ3n) is 4.61. The van der Waals surface area contributed by atoms with Crippen LogP contribution >= 0.6 is 11.8 Å². The summed E-state index contributed by atoms with van der Waals surface area (Å²) < 4.78 is 0. The minimum Gasteiger partial charge on any atom is -0.481 e. The first kappa shape index (κ1) is 16.5. The standard InChI is InChI=1S/C15H26N2O3S/c1-3-21-12-6-5-11(9-12)16-14(20)17-8-4-7-15(2,10-17)13(18)19/h11-12H,3-10H2,1-2H3,(H,16,20)(H,18,19). The number of carbonyl (C=O) groups is 2. The van der Waals surface area contributed by atoms with Crippen LogP contribution in [0.1, 0.15) is 46.0 Å². The molecule has 0 radical (unpaired) electrons. The third kappa shape index (κ3) is 4.05. The molecule has 3 unspecified atom stereocenters. The van der Waals surface area contributed by atoms with Crippen LogP contribution in [0.25, 0.3) is 0 Å². The molecule has 120 valence electrons. The predicted molar refractivity (Wildman–Crippen MR) is 84.6 cm³/mol. The first-order valence-electron chi connectivity index (χ1n) is 7.85. The van der Waals surface area contributed by atoms with Crippen LogP contribution in [0.4, 0.5) is 4.79 Å². The van der Waals surface area contributed by atoms with Gasteiger partial charge in [-0.2, -0.15) is 11.8 Å². The van der Waals surface area contributed by atoms with Gasteiger partial charge in [0.05, 0.1) is 5.41 Å². The Balaban J connectivity index is 1.85. The Morgan fingerprint density at radius 2 is 2.19 bits per heavy atom. The molecule has 1 saturated heterocycles. The lowest BCUT2D eigenvalue weighted by Crippen LogP contribution is -2.52. The van der Waals surface area contributed by atoms with Crippen molar-refractivity contribution in [3.05, 3.63) is 0 Å². The maximum absolute atomic E-state index is 12.3. The van der Waals surface area contributed by atoms with E-state index in [1.54, 1.807) is 11.8 Å². The van der Waals surface area contributed by atoms with Crippen LogP contribution in [0, 0.1) is 5.41 Å². The lowest BCUT2D eigenvalue weighted by atomic mass is 9.82. The zero-order chi connectivity index (χ0) is 15.5. The van der Waals surface area contributed by atoms with Gasteiger partial charge in [0.15, 0.2) is 0 Å². The zero-order valence-corrected chi connectivity index (χ0v) is 13.7. The number of urea groups is 1.